The van der Waals surface area contributed by atoms with E-state index >= 15 is 0 Å². The van der Waals surface area contributed by atoms with E-state index in [1.165, 1.54) is 4.90 Å². The van der Waals surface area contributed by atoms with E-state index in [0.29, 0.717) is 25.7 Å². The Morgan fingerprint density at radius 1 is 1.33 bits per heavy atom. The summed E-state index contributed by atoms with van der Waals surface area (Å²) in [4.78, 5) is 19.0. The highest BCUT2D eigenvalue weighted by Gasteiger charge is 2.23. The summed E-state index contributed by atoms with van der Waals surface area (Å²) in [5.74, 6) is 1.74. The van der Waals surface area contributed by atoms with Crippen LogP contribution in [0.4, 0.5) is 4.79 Å². The molecule has 0 aliphatic carbocycles. The smallest absolute Gasteiger partial charge is 0.409 e. The standard InChI is InChI=1S/C18H27ClN4O2S.HI/c1-3-25-18(24)23-11-8-15(9-12-23)22-17(20-2)21-10-13-26-16-6-4-14(19)5-7-16;/h4-7,15H,3,8-13H2,1-2H3,(H2,20,21,22);1H. The van der Waals surface area contributed by atoms with E-state index in [0.717, 1.165) is 36.1 Å². The normalized spacial score (nSPS) is 15.1. The largest absolute Gasteiger partial charge is 0.450 e. The molecule has 1 aliphatic heterocycles. The minimum atomic E-state index is -0.215. The molecule has 0 bridgehead atoms. The number of halogens is 2. The molecule has 0 unspecified atom stereocenters. The number of guanidine groups is 1. The number of amides is 1. The molecule has 1 aliphatic rings. The van der Waals surface area contributed by atoms with Crippen molar-refractivity contribution in [1.82, 2.24) is 15.5 Å². The van der Waals surface area contributed by atoms with Gasteiger partial charge in [-0.25, -0.2) is 4.79 Å². The number of rotatable bonds is 6. The Balaban J connectivity index is 0.00000364. The summed E-state index contributed by atoms with van der Waals surface area (Å²) >= 11 is 7.67. The van der Waals surface area contributed by atoms with Crippen LogP contribution in [-0.2, 0) is 4.74 Å². The van der Waals surface area contributed by atoms with Crippen molar-refractivity contribution < 1.29 is 9.53 Å². The fourth-order valence-corrected chi connectivity index (χ4v) is 3.57. The maximum absolute atomic E-state index is 11.7. The predicted molar refractivity (Wildman–Crippen MR) is 124 cm³/mol. The lowest BCUT2D eigenvalue weighted by atomic mass is 10.1. The minimum Gasteiger partial charge on any atom is -0.450 e. The fourth-order valence-electron chi connectivity index (χ4n) is 2.68. The SMILES string of the molecule is CCOC(=O)N1CCC(NC(=NC)NCCSc2ccc(Cl)cc2)CC1.I. The number of ether oxygens (including phenoxy) is 1. The molecule has 2 rings (SSSR count). The number of nitrogens with one attached hydrogen (secondary N) is 2. The molecule has 152 valence electrons. The average Bonchev–Trinajstić information content (AvgIpc) is 2.66. The lowest BCUT2D eigenvalue weighted by Crippen LogP contribution is -2.50. The van der Waals surface area contributed by atoms with Crippen molar-refractivity contribution in [2.75, 3.05) is 39.0 Å². The third-order valence-electron chi connectivity index (χ3n) is 4.06. The van der Waals surface area contributed by atoms with Crippen LogP contribution in [0.3, 0.4) is 0 Å². The molecule has 0 atom stereocenters. The van der Waals surface area contributed by atoms with E-state index in [4.69, 9.17) is 16.3 Å². The summed E-state index contributed by atoms with van der Waals surface area (Å²) in [7, 11) is 1.77. The lowest BCUT2D eigenvalue weighted by molar-refractivity contribution is 0.0963. The summed E-state index contributed by atoms with van der Waals surface area (Å²) in [5.41, 5.74) is 0. The summed E-state index contributed by atoms with van der Waals surface area (Å²) in [5, 5.41) is 7.53. The fraction of sp³-hybridized carbons (Fsp3) is 0.556. The van der Waals surface area contributed by atoms with Gasteiger partial charge in [0.25, 0.3) is 0 Å². The second-order valence-electron chi connectivity index (χ2n) is 5.91. The van der Waals surface area contributed by atoms with Crippen LogP contribution in [0.15, 0.2) is 34.2 Å². The number of nitrogens with zero attached hydrogens (tertiary/aromatic N) is 2. The number of aliphatic imine (C=N–C) groups is 1. The molecule has 0 saturated carbocycles. The van der Waals surface area contributed by atoms with Crippen molar-refractivity contribution in [3.05, 3.63) is 29.3 Å². The van der Waals surface area contributed by atoms with E-state index in [2.05, 4.69) is 15.6 Å². The third kappa shape index (κ3) is 8.78. The second kappa shape index (κ2) is 13.3. The molecule has 1 fully saturated rings. The van der Waals surface area contributed by atoms with Gasteiger partial charge in [-0.05, 0) is 44.0 Å². The number of hydrogen-bond donors (Lipinski definition) is 2. The highest BCUT2D eigenvalue weighted by atomic mass is 127. The van der Waals surface area contributed by atoms with E-state index in [-0.39, 0.29) is 30.1 Å². The van der Waals surface area contributed by atoms with E-state index in [9.17, 15) is 4.79 Å². The summed E-state index contributed by atoms with van der Waals surface area (Å²) in [6.07, 6.45) is 1.56. The van der Waals surface area contributed by atoms with Crippen LogP contribution in [0, 0.1) is 0 Å². The minimum absolute atomic E-state index is 0. The van der Waals surface area contributed by atoms with Gasteiger partial charge in [0, 0.05) is 48.4 Å². The van der Waals surface area contributed by atoms with Crippen molar-refractivity contribution in [2.24, 2.45) is 4.99 Å². The number of benzene rings is 1. The zero-order chi connectivity index (χ0) is 18.8. The highest BCUT2D eigenvalue weighted by Crippen LogP contribution is 2.19. The first kappa shape index (κ1) is 24.2. The number of thioether (sulfide) groups is 1. The molecular weight excluding hydrogens is 499 g/mol. The number of likely N-dealkylation sites (tertiary alicyclic amines) is 1. The molecule has 0 radical (unpaired) electrons. The van der Waals surface area contributed by atoms with Crippen molar-refractivity contribution in [1.29, 1.82) is 0 Å². The Bertz CT molecular complexity index is 596. The van der Waals surface area contributed by atoms with Gasteiger partial charge in [-0.15, -0.1) is 35.7 Å². The molecule has 0 spiro atoms. The summed E-state index contributed by atoms with van der Waals surface area (Å²) in [6, 6.07) is 8.17. The third-order valence-corrected chi connectivity index (χ3v) is 5.33. The van der Waals surface area contributed by atoms with Gasteiger partial charge in [0.2, 0.25) is 0 Å². The zero-order valence-electron chi connectivity index (χ0n) is 15.7. The zero-order valence-corrected chi connectivity index (χ0v) is 19.6. The van der Waals surface area contributed by atoms with Crippen LogP contribution in [0.25, 0.3) is 0 Å². The molecule has 27 heavy (non-hydrogen) atoms. The Morgan fingerprint density at radius 3 is 2.59 bits per heavy atom. The topological polar surface area (TPSA) is 66.0 Å². The molecule has 2 N–H and O–H groups in total. The van der Waals surface area contributed by atoms with Crippen LogP contribution in [0.2, 0.25) is 5.02 Å². The van der Waals surface area contributed by atoms with Gasteiger partial charge >= 0.3 is 6.09 Å². The first-order chi connectivity index (χ1) is 12.6. The van der Waals surface area contributed by atoms with Gasteiger partial charge in [-0.2, -0.15) is 0 Å². The Labute approximate surface area is 187 Å². The number of carbonyl (C=O) groups is 1. The maximum atomic E-state index is 11.7. The van der Waals surface area contributed by atoms with Crippen molar-refractivity contribution in [3.63, 3.8) is 0 Å². The second-order valence-corrected chi connectivity index (χ2v) is 7.51. The Kier molecular flexibility index (Phi) is 11.9. The van der Waals surface area contributed by atoms with Gasteiger partial charge in [-0.3, -0.25) is 4.99 Å². The van der Waals surface area contributed by atoms with Crippen LogP contribution >= 0.6 is 47.3 Å². The van der Waals surface area contributed by atoms with Gasteiger partial charge in [0.05, 0.1) is 6.61 Å². The van der Waals surface area contributed by atoms with Crippen molar-refractivity contribution in [2.45, 2.75) is 30.7 Å². The van der Waals surface area contributed by atoms with Gasteiger partial charge < -0.3 is 20.3 Å². The molecule has 1 aromatic carbocycles. The van der Waals surface area contributed by atoms with E-state index in [1.54, 1.807) is 23.7 Å². The molecule has 0 aromatic heterocycles. The molecule has 1 saturated heterocycles. The first-order valence-corrected chi connectivity index (χ1v) is 10.3. The molecule has 1 aromatic rings. The van der Waals surface area contributed by atoms with Crippen LogP contribution in [0.1, 0.15) is 19.8 Å². The quantitative estimate of drug-likeness (QED) is 0.194. The average molecular weight is 527 g/mol. The molecular formula is C18H28ClIN4O2S. The highest BCUT2D eigenvalue weighted by molar-refractivity contribution is 14.0. The molecule has 9 heteroatoms. The molecule has 1 heterocycles. The van der Waals surface area contributed by atoms with E-state index in [1.807, 2.05) is 31.2 Å². The molecule has 6 nitrogen and oxygen atoms in total. The Morgan fingerprint density at radius 2 is 2.00 bits per heavy atom. The lowest BCUT2D eigenvalue weighted by Gasteiger charge is -2.32. The van der Waals surface area contributed by atoms with Crippen LogP contribution in [-0.4, -0.2) is 62.0 Å². The number of piperidine rings is 1. The summed E-state index contributed by atoms with van der Waals surface area (Å²) < 4.78 is 5.05. The van der Waals surface area contributed by atoms with Crippen LogP contribution < -0.4 is 10.6 Å². The monoisotopic (exact) mass is 526 g/mol. The van der Waals surface area contributed by atoms with Crippen LogP contribution in [0.5, 0.6) is 0 Å². The van der Waals surface area contributed by atoms with Crippen molar-refractivity contribution >= 4 is 59.4 Å². The maximum Gasteiger partial charge on any atom is 0.409 e. The van der Waals surface area contributed by atoms with E-state index < -0.39 is 0 Å². The van der Waals surface area contributed by atoms with Gasteiger partial charge in [0.15, 0.2) is 5.96 Å². The number of carbonyl (C=O) groups excluding carboxylic acids is 1. The van der Waals surface area contributed by atoms with Gasteiger partial charge in [0.1, 0.15) is 0 Å². The summed E-state index contributed by atoms with van der Waals surface area (Å²) in [6.45, 7) is 4.48. The Hall–Kier alpha value is -0.870. The van der Waals surface area contributed by atoms with Gasteiger partial charge in [-0.1, -0.05) is 11.6 Å². The predicted octanol–water partition coefficient (Wildman–Crippen LogP) is 3.84. The van der Waals surface area contributed by atoms with Crippen molar-refractivity contribution in [3.8, 4) is 0 Å². The molecule has 1 amide bonds. The first-order valence-electron chi connectivity index (χ1n) is 8.89. The number of hydrogen-bond acceptors (Lipinski definition) is 4.